The van der Waals surface area contributed by atoms with Crippen LogP contribution in [0.5, 0.6) is 0 Å². The molecular weight excluding hydrogens is 204 g/mol. The molecule has 0 bridgehead atoms. The second-order valence-electron chi connectivity index (χ2n) is 2.61. The number of unbranched alkanes of at least 4 members (excludes halogenated alkanes) is 1. The highest BCUT2D eigenvalue weighted by atomic mass is 16.2. The van der Waals surface area contributed by atoms with Crippen LogP contribution in [0.4, 0.5) is 0 Å². The van der Waals surface area contributed by atoms with Gasteiger partial charge in [-0.3, -0.25) is 9.59 Å². The molecule has 0 radical (unpaired) electrons. The topological polar surface area (TPSA) is 58.2 Å². The van der Waals surface area contributed by atoms with Gasteiger partial charge in [0.05, 0.1) is 6.54 Å². The number of amides is 2. The van der Waals surface area contributed by atoms with Crippen molar-refractivity contribution in [2.75, 3.05) is 13.1 Å². The molecular formula is C12H28N2O2. The molecule has 0 rings (SSSR count). The lowest BCUT2D eigenvalue weighted by Crippen LogP contribution is -2.36. The van der Waals surface area contributed by atoms with E-state index in [0.29, 0.717) is 6.54 Å². The summed E-state index contributed by atoms with van der Waals surface area (Å²) in [6, 6.07) is 0. The van der Waals surface area contributed by atoms with E-state index in [4.69, 9.17) is 0 Å². The van der Waals surface area contributed by atoms with Crippen LogP contribution >= 0.6 is 0 Å². The first kappa shape index (κ1) is 20.4. The fourth-order valence-corrected chi connectivity index (χ4v) is 0.672. The Bertz CT molecular complexity index is 159. The van der Waals surface area contributed by atoms with Gasteiger partial charge in [-0.25, -0.2) is 0 Å². The molecule has 0 spiro atoms. The lowest BCUT2D eigenvalue weighted by atomic mass is 10.3. The first-order chi connectivity index (χ1) is 7.66. The summed E-state index contributed by atoms with van der Waals surface area (Å²) < 4.78 is 0. The van der Waals surface area contributed by atoms with Crippen LogP contribution < -0.4 is 10.6 Å². The zero-order valence-corrected chi connectivity index (χ0v) is 11.6. The van der Waals surface area contributed by atoms with Crippen LogP contribution in [-0.4, -0.2) is 24.9 Å². The van der Waals surface area contributed by atoms with E-state index >= 15 is 0 Å². The monoisotopic (exact) mass is 232 g/mol. The zero-order valence-electron chi connectivity index (χ0n) is 11.6. The summed E-state index contributed by atoms with van der Waals surface area (Å²) in [7, 11) is 0. The van der Waals surface area contributed by atoms with Crippen LogP contribution in [0, 0.1) is 0 Å². The molecule has 2 N–H and O–H groups in total. The highest BCUT2D eigenvalue weighted by Crippen LogP contribution is 1.81. The first-order valence-electron chi connectivity index (χ1n) is 6.18. The van der Waals surface area contributed by atoms with Gasteiger partial charge in [0.1, 0.15) is 0 Å². The minimum absolute atomic E-state index is 0.0824. The molecule has 0 aliphatic heterocycles. The number of carbonyl (C=O) groups excluding carboxylic acids is 2. The van der Waals surface area contributed by atoms with Crippen molar-refractivity contribution in [3.8, 4) is 0 Å². The smallest absolute Gasteiger partial charge is 0.239 e. The van der Waals surface area contributed by atoms with Gasteiger partial charge in [0.2, 0.25) is 11.8 Å². The molecule has 0 aliphatic carbocycles. The summed E-state index contributed by atoms with van der Waals surface area (Å²) in [6.45, 7) is 12.2. The SMILES string of the molecule is CC.CC.CCCCNC(=O)CNC(C)=O. The van der Waals surface area contributed by atoms with Crippen molar-refractivity contribution in [2.24, 2.45) is 0 Å². The van der Waals surface area contributed by atoms with Crippen molar-refractivity contribution in [3.63, 3.8) is 0 Å². The lowest BCUT2D eigenvalue weighted by molar-refractivity contribution is -0.125. The second kappa shape index (κ2) is 19.5. The van der Waals surface area contributed by atoms with Crippen molar-refractivity contribution in [2.45, 2.75) is 54.4 Å². The minimum atomic E-state index is -0.180. The van der Waals surface area contributed by atoms with Crippen LogP contribution in [0.25, 0.3) is 0 Å². The molecule has 0 fully saturated rings. The van der Waals surface area contributed by atoms with E-state index in [2.05, 4.69) is 17.6 Å². The van der Waals surface area contributed by atoms with Crippen molar-refractivity contribution in [3.05, 3.63) is 0 Å². The van der Waals surface area contributed by atoms with Crippen molar-refractivity contribution < 1.29 is 9.59 Å². The Morgan fingerprint density at radius 2 is 1.50 bits per heavy atom. The van der Waals surface area contributed by atoms with Crippen LogP contribution in [0.15, 0.2) is 0 Å². The Hall–Kier alpha value is -1.06. The van der Waals surface area contributed by atoms with E-state index in [1.54, 1.807) is 0 Å². The fraction of sp³-hybridized carbons (Fsp3) is 0.833. The van der Waals surface area contributed by atoms with Gasteiger partial charge >= 0.3 is 0 Å². The molecule has 0 saturated carbocycles. The van der Waals surface area contributed by atoms with Gasteiger partial charge < -0.3 is 10.6 Å². The normalized spacial score (nSPS) is 7.62. The van der Waals surface area contributed by atoms with E-state index in [-0.39, 0.29) is 18.4 Å². The number of hydrogen-bond acceptors (Lipinski definition) is 2. The van der Waals surface area contributed by atoms with Gasteiger partial charge in [-0.15, -0.1) is 0 Å². The third-order valence-corrected chi connectivity index (χ3v) is 1.35. The van der Waals surface area contributed by atoms with E-state index in [1.807, 2.05) is 27.7 Å². The Labute approximate surface area is 100 Å². The standard InChI is InChI=1S/C8H16N2O2.2C2H6/c1-3-4-5-9-8(12)6-10-7(2)11;2*1-2/h3-6H2,1-2H3,(H,9,12)(H,10,11);2*1-2H3. The summed E-state index contributed by atoms with van der Waals surface area (Å²) in [6.07, 6.45) is 2.03. The Kier molecular flexibility index (Phi) is 24.8. The number of hydrogen-bond donors (Lipinski definition) is 2. The fourth-order valence-electron chi connectivity index (χ4n) is 0.672. The molecule has 0 heterocycles. The predicted octanol–water partition coefficient (Wildman–Crippen LogP) is 2.09. The average Bonchev–Trinajstić information content (AvgIpc) is 2.32. The predicted molar refractivity (Wildman–Crippen MR) is 69.3 cm³/mol. The zero-order chi connectivity index (χ0) is 13.4. The summed E-state index contributed by atoms with van der Waals surface area (Å²) >= 11 is 0. The minimum Gasteiger partial charge on any atom is -0.355 e. The van der Waals surface area contributed by atoms with Crippen molar-refractivity contribution >= 4 is 11.8 Å². The molecule has 4 nitrogen and oxygen atoms in total. The van der Waals surface area contributed by atoms with Gasteiger partial charge in [0.25, 0.3) is 0 Å². The van der Waals surface area contributed by atoms with Gasteiger partial charge in [-0.1, -0.05) is 41.0 Å². The average molecular weight is 232 g/mol. The molecule has 0 saturated heterocycles. The van der Waals surface area contributed by atoms with Gasteiger partial charge in [-0.05, 0) is 6.42 Å². The molecule has 0 aromatic carbocycles. The quantitative estimate of drug-likeness (QED) is 0.713. The maximum absolute atomic E-state index is 10.9. The Morgan fingerprint density at radius 3 is 1.88 bits per heavy atom. The van der Waals surface area contributed by atoms with Crippen LogP contribution in [0.3, 0.4) is 0 Å². The highest BCUT2D eigenvalue weighted by molar-refractivity contribution is 5.83. The van der Waals surface area contributed by atoms with Crippen molar-refractivity contribution in [1.82, 2.24) is 10.6 Å². The van der Waals surface area contributed by atoms with E-state index in [9.17, 15) is 9.59 Å². The molecule has 0 aromatic rings. The largest absolute Gasteiger partial charge is 0.355 e. The van der Waals surface area contributed by atoms with Crippen molar-refractivity contribution in [1.29, 1.82) is 0 Å². The summed E-state index contributed by atoms with van der Waals surface area (Å²) in [5, 5.41) is 5.11. The maximum Gasteiger partial charge on any atom is 0.239 e. The molecule has 0 atom stereocenters. The van der Waals surface area contributed by atoms with Crippen LogP contribution in [0.1, 0.15) is 54.4 Å². The maximum atomic E-state index is 10.9. The molecule has 98 valence electrons. The first-order valence-corrected chi connectivity index (χ1v) is 6.18. The van der Waals surface area contributed by atoms with Gasteiger partial charge in [0.15, 0.2) is 0 Å². The van der Waals surface area contributed by atoms with Crippen LogP contribution in [-0.2, 0) is 9.59 Å². The molecule has 16 heavy (non-hydrogen) atoms. The molecule has 0 aliphatic rings. The summed E-state index contributed by atoms with van der Waals surface area (Å²) in [5.74, 6) is -0.306. The lowest BCUT2D eigenvalue weighted by Gasteiger charge is -2.03. The molecule has 0 aromatic heterocycles. The van der Waals surface area contributed by atoms with Crippen LogP contribution in [0.2, 0.25) is 0 Å². The second-order valence-corrected chi connectivity index (χ2v) is 2.61. The summed E-state index contributed by atoms with van der Waals surface area (Å²) in [4.78, 5) is 21.3. The Morgan fingerprint density at radius 1 is 1.00 bits per heavy atom. The van der Waals surface area contributed by atoms with E-state index in [1.165, 1.54) is 6.92 Å². The van der Waals surface area contributed by atoms with E-state index in [0.717, 1.165) is 12.8 Å². The number of nitrogens with one attached hydrogen (secondary N) is 2. The third kappa shape index (κ3) is 23.1. The number of carbonyl (C=O) groups is 2. The molecule has 4 heteroatoms. The van der Waals surface area contributed by atoms with Gasteiger partial charge in [0, 0.05) is 13.5 Å². The molecule has 0 unspecified atom stereocenters. The number of rotatable bonds is 5. The highest BCUT2D eigenvalue weighted by Gasteiger charge is 1.99. The Balaban J connectivity index is -0.000000376. The van der Waals surface area contributed by atoms with Gasteiger partial charge in [-0.2, -0.15) is 0 Å². The van der Waals surface area contributed by atoms with E-state index < -0.39 is 0 Å². The molecule has 2 amide bonds. The third-order valence-electron chi connectivity index (χ3n) is 1.35. The summed E-state index contributed by atoms with van der Waals surface area (Å²) in [5.41, 5.74) is 0.